The quantitative estimate of drug-likeness (QED) is 0.541. The summed E-state index contributed by atoms with van der Waals surface area (Å²) in [6.45, 7) is -0.785. The maximum absolute atomic E-state index is 13.2. The van der Waals surface area contributed by atoms with Gasteiger partial charge in [-0.15, -0.1) is 0 Å². The molecule has 0 aliphatic heterocycles. The molecule has 3 aromatic rings. The van der Waals surface area contributed by atoms with Crippen LogP contribution in [0.15, 0.2) is 83.8 Å². The maximum atomic E-state index is 13.2. The lowest BCUT2D eigenvalue weighted by atomic mass is 10.2. The molecule has 3 rings (SSSR count). The van der Waals surface area contributed by atoms with Gasteiger partial charge in [0.2, 0.25) is 5.91 Å². The van der Waals surface area contributed by atoms with Crippen LogP contribution in [0.3, 0.4) is 0 Å². The van der Waals surface area contributed by atoms with E-state index in [2.05, 4.69) is 5.32 Å². The molecular formula is C21H16ClF3N2O3S. The number of benzene rings is 3. The van der Waals surface area contributed by atoms with Gasteiger partial charge in [0, 0.05) is 5.69 Å². The second-order valence-electron chi connectivity index (χ2n) is 6.40. The van der Waals surface area contributed by atoms with Crippen molar-refractivity contribution >= 4 is 38.9 Å². The Bertz CT molecular complexity index is 1170. The Morgan fingerprint density at radius 3 is 2.10 bits per heavy atom. The second kappa shape index (κ2) is 8.99. The molecule has 3 aromatic carbocycles. The van der Waals surface area contributed by atoms with Crippen molar-refractivity contribution in [2.75, 3.05) is 16.2 Å². The number of nitrogens with one attached hydrogen (secondary N) is 1. The van der Waals surface area contributed by atoms with Gasteiger partial charge in [0.25, 0.3) is 10.0 Å². The molecule has 0 atom stereocenters. The number of nitrogens with zero attached hydrogens (tertiary/aromatic N) is 1. The van der Waals surface area contributed by atoms with E-state index in [0.29, 0.717) is 16.1 Å². The van der Waals surface area contributed by atoms with Gasteiger partial charge in [-0.2, -0.15) is 13.2 Å². The number of amides is 1. The zero-order chi connectivity index (χ0) is 22.6. The van der Waals surface area contributed by atoms with Gasteiger partial charge in [0.15, 0.2) is 0 Å². The van der Waals surface area contributed by atoms with E-state index in [-0.39, 0.29) is 9.92 Å². The van der Waals surface area contributed by atoms with E-state index in [1.54, 1.807) is 36.4 Å². The van der Waals surface area contributed by atoms with Crippen molar-refractivity contribution in [3.05, 3.63) is 89.4 Å². The highest BCUT2D eigenvalue weighted by Gasteiger charge is 2.34. The van der Waals surface area contributed by atoms with E-state index in [4.69, 9.17) is 11.6 Å². The molecule has 1 amide bonds. The Morgan fingerprint density at radius 1 is 0.935 bits per heavy atom. The number of sulfonamides is 1. The van der Waals surface area contributed by atoms with Crippen LogP contribution in [0.1, 0.15) is 5.56 Å². The molecule has 0 radical (unpaired) electrons. The van der Waals surface area contributed by atoms with Crippen molar-refractivity contribution in [2.24, 2.45) is 0 Å². The van der Waals surface area contributed by atoms with Gasteiger partial charge in [-0.3, -0.25) is 9.10 Å². The van der Waals surface area contributed by atoms with Crippen LogP contribution in [-0.2, 0) is 21.0 Å². The lowest BCUT2D eigenvalue weighted by Gasteiger charge is -2.25. The molecule has 162 valence electrons. The first-order valence-corrected chi connectivity index (χ1v) is 10.7. The molecule has 0 saturated heterocycles. The molecular weight excluding hydrogens is 453 g/mol. The number of alkyl halides is 3. The van der Waals surface area contributed by atoms with Gasteiger partial charge >= 0.3 is 6.18 Å². The summed E-state index contributed by atoms with van der Waals surface area (Å²) in [7, 11) is -4.41. The summed E-state index contributed by atoms with van der Waals surface area (Å²) in [5.74, 6) is -0.751. The molecule has 5 nitrogen and oxygen atoms in total. The molecule has 31 heavy (non-hydrogen) atoms. The summed E-state index contributed by atoms with van der Waals surface area (Å²) >= 11 is 6.07. The van der Waals surface area contributed by atoms with Crippen molar-refractivity contribution < 1.29 is 26.4 Å². The SMILES string of the molecule is O=C(CN(c1cc(C(F)(F)F)ccc1Cl)S(=O)(=O)c1ccccc1)Nc1ccccc1. The number of anilines is 2. The van der Waals surface area contributed by atoms with E-state index in [9.17, 15) is 26.4 Å². The molecule has 0 aliphatic carbocycles. The van der Waals surface area contributed by atoms with Gasteiger partial charge in [0.05, 0.1) is 21.2 Å². The molecule has 0 fully saturated rings. The smallest absolute Gasteiger partial charge is 0.325 e. The topological polar surface area (TPSA) is 66.5 Å². The normalized spacial score (nSPS) is 11.7. The Labute approximate surface area is 182 Å². The Hall–Kier alpha value is -3.04. The molecule has 0 aliphatic rings. The second-order valence-corrected chi connectivity index (χ2v) is 8.67. The summed E-state index contributed by atoms with van der Waals surface area (Å²) in [6.07, 6.45) is -4.73. The van der Waals surface area contributed by atoms with Crippen molar-refractivity contribution in [2.45, 2.75) is 11.1 Å². The van der Waals surface area contributed by atoms with E-state index < -0.39 is 39.9 Å². The summed E-state index contributed by atoms with van der Waals surface area (Å²) in [5, 5.41) is 2.27. The minimum Gasteiger partial charge on any atom is -0.325 e. The summed E-state index contributed by atoms with van der Waals surface area (Å²) in [5.41, 5.74) is -1.15. The van der Waals surface area contributed by atoms with E-state index in [1.165, 1.54) is 24.3 Å². The highest BCUT2D eigenvalue weighted by Crippen LogP contribution is 2.37. The monoisotopic (exact) mass is 468 g/mol. The molecule has 0 aromatic heterocycles. The lowest BCUT2D eigenvalue weighted by Crippen LogP contribution is -2.38. The fraction of sp³-hybridized carbons (Fsp3) is 0.0952. The van der Waals surface area contributed by atoms with E-state index in [0.717, 1.165) is 12.1 Å². The Balaban J connectivity index is 2.06. The van der Waals surface area contributed by atoms with Gasteiger partial charge in [-0.1, -0.05) is 48.0 Å². The number of carbonyl (C=O) groups excluding carboxylic acids is 1. The van der Waals surface area contributed by atoms with E-state index in [1.807, 2.05) is 0 Å². The van der Waals surface area contributed by atoms with Crippen LogP contribution in [0, 0.1) is 0 Å². The predicted octanol–water partition coefficient (Wildman–Crippen LogP) is 5.19. The fourth-order valence-electron chi connectivity index (χ4n) is 2.75. The fourth-order valence-corrected chi connectivity index (χ4v) is 4.47. The third-order valence-corrected chi connectivity index (χ3v) is 6.31. The molecule has 0 heterocycles. The lowest BCUT2D eigenvalue weighted by molar-refractivity contribution is -0.137. The van der Waals surface area contributed by atoms with Gasteiger partial charge in [-0.25, -0.2) is 8.42 Å². The van der Waals surface area contributed by atoms with Gasteiger partial charge in [0.1, 0.15) is 6.54 Å². The molecule has 0 saturated carbocycles. The third-order valence-electron chi connectivity index (χ3n) is 4.22. The Morgan fingerprint density at radius 2 is 1.52 bits per heavy atom. The number of hydrogen-bond donors (Lipinski definition) is 1. The summed E-state index contributed by atoms with van der Waals surface area (Å²) < 4.78 is 66.8. The molecule has 0 unspecified atom stereocenters. The molecule has 10 heteroatoms. The first-order valence-electron chi connectivity index (χ1n) is 8.88. The number of hydrogen-bond acceptors (Lipinski definition) is 3. The highest BCUT2D eigenvalue weighted by atomic mass is 35.5. The van der Waals surface area contributed by atoms with Crippen LogP contribution in [0.25, 0.3) is 0 Å². The van der Waals surface area contributed by atoms with E-state index >= 15 is 0 Å². The predicted molar refractivity (Wildman–Crippen MR) is 112 cm³/mol. The minimum atomic E-state index is -4.73. The number of para-hydroxylation sites is 1. The van der Waals surface area contributed by atoms with Crippen LogP contribution in [0.2, 0.25) is 5.02 Å². The van der Waals surface area contributed by atoms with Gasteiger partial charge in [-0.05, 0) is 42.5 Å². The van der Waals surface area contributed by atoms with Crippen LogP contribution in [0.4, 0.5) is 24.5 Å². The summed E-state index contributed by atoms with van der Waals surface area (Å²) in [6, 6.07) is 17.6. The first-order chi connectivity index (χ1) is 14.6. The standard InChI is InChI=1S/C21H16ClF3N2O3S/c22-18-12-11-15(21(23,24)25)13-19(18)27(31(29,30)17-9-5-2-6-10-17)14-20(28)26-16-7-3-1-4-8-16/h1-13H,14H2,(H,26,28). The van der Waals surface area contributed by atoms with Crippen molar-refractivity contribution in [3.63, 3.8) is 0 Å². The largest absolute Gasteiger partial charge is 0.416 e. The average molecular weight is 469 g/mol. The minimum absolute atomic E-state index is 0.198. The van der Waals surface area contributed by atoms with Crippen molar-refractivity contribution in [1.82, 2.24) is 0 Å². The average Bonchev–Trinajstić information content (AvgIpc) is 2.73. The number of rotatable bonds is 6. The molecule has 0 bridgehead atoms. The summed E-state index contributed by atoms with van der Waals surface area (Å²) in [4.78, 5) is 12.4. The van der Waals surface area contributed by atoms with Crippen LogP contribution in [-0.4, -0.2) is 20.9 Å². The van der Waals surface area contributed by atoms with Crippen LogP contribution >= 0.6 is 11.6 Å². The van der Waals surface area contributed by atoms with Gasteiger partial charge < -0.3 is 5.32 Å². The van der Waals surface area contributed by atoms with Crippen LogP contribution < -0.4 is 9.62 Å². The Kier molecular flexibility index (Phi) is 6.56. The molecule has 0 spiro atoms. The van der Waals surface area contributed by atoms with Crippen molar-refractivity contribution in [1.29, 1.82) is 0 Å². The highest BCUT2D eigenvalue weighted by molar-refractivity contribution is 7.92. The van der Waals surface area contributed by atoms with Crippen LogP contribution in [0.5, 0.6) is 0 Å². The maximum Gasteiger partial charge on any atom is 0.416 e. The number of carbonyl (C=O) groups is 1. The third kappa shape index (κ3) is 5.36. The zero-order valence-corrected chi connectivity index (χ0v) is 17.4. The zero-order valence-electron chi connectivity index (χ0n) is 15.8. The first kappa shape index (κ1) is 22.6. The van der Waals surface area contributed by atoms with Crippen molar-refractivity contribution in [3.8, 4) is 0 Å². The number of halogens is 4. The molecule has 1 N–H and O–H groups in total.